The smallest absolute Gasteiger partial charge is 0.240 e. The molecule has 4 heteroatoms. The van der Waals surface area contributed by atoms with Gasteiger partial charge in [0.15, 0.2) is 0 Å². The average Bonchev–Trinajstić information content (AvgIpc) is 3.20. The zero-order valence-corrected chi connectivity index (χ0v) is 11.4. The van der Waals surface area contributed by atoms with Gasteiger partial charge in [-0.2, -0.15) is 0 Å². The van der Waals surface area contributed by atoms with Gasteiger partial charge in [0.25, 0.3) is 0 Å². The molecule has 104 valence electrons. The Morgan fingerprint density at radius 1 is 1.28 bits per heavy atom. The van der Waals surface area contributed by atoms with Crippen molar-refractivity contribution in [2.24, 2.45) is 11.7 Å². The third-order valence-electron chi connectivity index (χ3n) is 4.21. The summed E-state index contributed by atoms with van der Waals surface area (Å²) in [6.07, 6.45) is 8.80. The standard InChI is InChI=1S/C14H26N2O2/c1-14(15,11-7-8-11)13(17)16-9-10-18-12-5-3-2-4-6-12/h11-12H,2-10,15H2,1H3,(H,16,17). The van der Waals surface area contributed by atoms with Crippen molar-refractivity contribution in [1.82, 2.24) is 5.32 Å². The van der Waals surface area contributed by atoms with Crippen molar-refractivity contribution in [3.63, 3.8) is 0 Å². The van der Waals surface area contributed by atoms with E-state index in [4.69, 9.17) is 10.5 Å². The molecule has 2 aliphatic rings. The molecule has 0 aliphatic heterocycles. The van der Waals surface area contributed by atoms with E-state index < -0.39 is 5.54 Å². The molecule has 3 N–H and O–H groups in total. The van der Waals surface area contributed by atoms with Crippen LogP contribution in [0.3, 0.4) is 0 Å². The van der Waals surface area contributed by atoms with Gasteiger partial charge in [-0.05, 0) is 38.5 Å². The highest BCUT2D eigenvalue weighted by Gasteiger charge is 2.43. The summed E-state index contributed by atoms with van der Waals surface area (Å²) in [4.78, 5) is 11.9. The van der Waals surface area contributed by atoms with E-state index in [0.29, 0.717) is 25.2 Å². The minimum absolute atomic E-state index is 0.0303. The van der Waals surface area contributed by atoms with Crippen LogP contribution in [0.25, 0.3) is 0 Å². The number of ether oxygens (including phenoxy) is 1. The highest BCUT2D eigenvalue weighted by molar-refractivity contribution is 5.86. The maximum atomic E-state index is 11.9. The van der Waals surface area contributed by atoms with Crippen LogP contribution in [0.2, 0.25) is 0 Å². The number of hydrogen-bond donors (Lipinski definition) is 2. The fraction of sp³-hybridized carbons (Fsp3) is 0.929. The van der Waals surface area contributed by atoms with Crippen LogP contribution in [0.1, 0.15) is 51.9 Å². The largest absolute Gasteiger partial charge is 0.376 e. The lowest BCUT2D eigenvalue weighted by Crippen LogP contribution is -2.53. The molecule has 0 saturated heterocycles. The Balaban J connectivity index is 1.58. The second kappa shape index (κ2) is 6.02. The molecule has 2 saturated carbocycles. The van der Waals surface area contributed by atoms with E-state index in [1.807, 2.05) is 6.92 Å². The maximum absolute atomic E-state index is 11.9. The lowest BCUT2D eigenvalue weighted by Gasteiger charge is -2.24. The van der Waals surface area contributed by atoms with Crippen molar-refractivity contribution in [2.45, 2.75) is 63.5 Å². The predicted molar refractivity (Wildman–Crippen MR) is 71.2 cm³/mol. The first-order valence-corrected chi connectivity index (χ1v) is 7.29. The molecule has 1 atom stereocenters. The van der Waals surface area contributed by atoms with Crippen LogP contribution in [0.5, 0.6) is 0 Å². The third-order valence-corrected chi connectivity index (χ3v) is 4.21. The lowest BCUT2D eigenvalue weighted by molar-refractivity contribution is -0.126. The van der Waals surface area contributed by atoms with Gasteiger partial charge in [-0.25, -0.2) is 0 Å². The molecule has 0 aromatic carbocycles. The van der Waals surface area contributed by atoms with Crippen LogP contribution in [0.4, 0.5) is 0 Å². The first-order valence-electron chi connectivity index (χ1n) is 7.29. The first-order chi connectivity index (χ1) is 8.60. The third kappa shape index (κ3) is 3.69. The van der Waals surface area contributed by atoms with Crippen molar-refractivity contribution >= 4 is 5.91 Å². The Hall–Kier alpha value is -0.610. The van der Waals surface area contributed by atoms with Gasteiger partial charge in [0, 0.05) is 6.54 Å². The number of hydrogen-bond acceptors (Lipinski definition) is 3. The quantitative estimate of drug-likeness (QED) is 0.707. The van der Waals surface area contributed by atoms with E-state index >= 15 is 0 Å². The summed E-state index contributed by atoms with van der Waals surface area (Å²) in [7, 11) is 0. The molecule has 1 amide bonds. The fourth-order valence-corrected chi connectivity index (χ4v) is 2.68. The van der Waals surface area contributed by atoms with Crippen molar-refractivity contribution in [2.75, 3.05) is 13.2 Å². The van der Waals surface area contributed by atoms with Gasteiger partial charge in [0.05, 0.1) is 18.2 Å². The molecule has 2 fully saturated rings. The zero-order valence-electron chi connectivity index (χ0n) is 11.4. The van der Waals surface area contributed by atoms with Crippen LogP contribution in [-0.4, -0.2) is 30.7 Å². The van der Waals surface area contributed by atoms with Crippen LogP contribution in [0, 0.1) is 5.92 Å². The highest BCUT2D eigenvalue weighted by atomic mass is 16.5. The molecule has 0 bridgehead atoms. The fourth-order valence-electron chi connectivity index (χ4n) is 2.68. The van der Waals surface area contributed by atoms with Crippen LogP contribution < -0.4 is 11.1 Å². The van der Waals surface area contributed by atoms with E-state index in [1.54, 1.807) is 0 Å². The Bertz CT molecular complexity index is 282. The van der Waals surface area contributed by atoms with Gasteiger partial charge in [-0.15, -0.1) is 0 Å². The number of nitrogens with two attached hydrogens (primary N) is 1. The summed E-state index contributed by atoms with van der Waals surface area (Å²) in [6.45, 7) is 3.02. The molecule has 0 spiro atoms. The Kier molecular flexibility index (Phi) is 4.62. The normalized spacial score (nSPS) is 24.6. The minimum atomic E-state index is -0.690. The van der Waals surface area contributed by atoms with Gasteiger partial charge in [0.1, 0.15) is 0 Å². The van der Waals surface area contributed by atoms with Crippen molar-refractivity contribution in [3.05, 3.63) is 0 Å². The van der Waals surface area contributed by atoms with E-state index in [2.05, 4.69) is 5.32 Å². The minimum Gasteiger partial charge on any atom is -0.376 e. The molecule has 2 rings (SSSR count). The van der Waals surface area contributed by atoms with E-state index in [0.717, 1.165) is 12.8 Å². The molecule has 18 heavy (non-hydrogen) atoms. The summed E-state index contributed by atoms with van der Waals surface area (Å²) >= 11 is 0. The number of rotatable bonds is 6. The number of carbonyl (C=O) groups excluding carboxylic acids is 1. The number of nitrogens with one attached hydrogen (secondary N) is 1. The van der Waals surface area contributed by atoms with Crippen molar-refractivity contribution in [1.29, 1.82) is 0 Å². The van der Waals surface area contributed by atoms with E-state index in [1.165, 1.54) is 32.1 Å². The molecule has 4 nitrogen and oxygen atoms in total. The SMILES string of the molecule is CC(N)(C(=O)NCCOC1CCCCC1)C1CC1. The van der Waals surface area contributed by atoms with Crippen molar-refractivity contribution in [3.8, 4) is 0 Å². The summed E-state index contributed by atoms with van der Waals surface area (Å²) in [6, 6.07) is 0. The van der Waals surface area contributed by atoms with Gasteiger partial charge in [-0.1, -0.05) is 19.3 Å². The second-order valence-corrected chi connectivity index (χ2v) is 5.94. The molecule has 0 aromatic rings. The summed E-state index contributed by atoms with van der Waals surface area (Å²) in [5.41, 5.74) is 5.35. The van der Waals surface area contributed by atoms with Gasteiger partial charge in [-0.3, -0.25) is 4.79 Å². The Labute approximate surface area is 110 Å². The molecule has 0 heterocycles. The summed E-state index contributed by atoms with van der Waals surface area (Å²) in [5, 5.41) is 2.89. The summed E-state index contributed by atoms with van der Waals surface area (Å²) in [5.74, 6) is 0.342. The van der Waals surface area contributed by atoms with Gasteiger partial charge < -0.3 is 15.8 Å². The molecule has 1 unspecified atom stereocenters. The maximum Gasteiger partial charge on any atom is 0.240 e. The van der Waals surface area contributed by atoms with Crippen LogP contribution in [-0.2, 0) is 9.53 Å². The Morgan fingerprint density at radius 3 is 2.56 bits per heavy atom. The topological polar surface area (TPSA) is 64.4 Å². The number of amides is 1. The first kappa shape index (κ1) is 13.8. The van der Waals surface area contributed by atoms with Gasteiger partial charge in [0.2, 0.25) is 5.91 Å². The zero-order chi connectivity index (χ0) is 13.0. The average molecular weight is 254 g/mol. The van der Waals surface area contributed by atoms with Crippen LogP contribution in [0.15, 0.2) is 0 Å². The molecule has 0 aromatic heterocycles. The summed E-state index contributed by atoms with van der Waals surface area (Å²) < 4.78 is 5.77. The molecular weight excluding hydrogens is 228 g/mol. The van der Waals surface area contributed by atoms with E-state index in [-0.39, 0.29) is 5.91 Å². The van der Waals surface area contributed by atoms with Crippen LogP contribution >= 0.6 is 0 Å². The molecule has 2 aliphatic carbocycles. The van der Waals surface area contributed by atoms with E-state index in [9.17, 15) is 4.79 Å². The highest BCUT2D eigenvalue weighted by Crippen LogP contribution is 2.38. The predicted octanol–water partition coefficient (Wildman–Crippen LogP) is 1.58. The molecule has 0 radical (unpaired) electrons. The lowest BCUT2D eigenvalue weighted by atomic mass is 9.96. The molecular formula is C14H26N2O2. The number of carbonyl (C=O) groups is 1. The van der Waals surface area contributed by atoms with Crippen molar-refractivity contribution < 1.29 is 9.53 Å². The van der Waals surface area contributed by atoms with Gasteiger partial charge >= 0.3 is 0 Å². The Morgan fingerprint density at radius 2 is 1.94 bits per heavy atom. The second-order valence-electron chi connectivity index (χ2n) is 5.94. The monoisotopic (exact) mass is 254 g/mol.